The molecule has 1 aliphatic heterocycles. The third-order valence-corrected chi connectivity index (χ3v) is 11.4. The zero-order valence-corrected chi connectivity index (χ0v) is 32.0. The zero-order chi connectivity index (χ0) is 36.5. The maximum atomic E-state index is 14.4. The minimum absolute atomic E-state index is 0.0232. The van der Waals surface area contributed by atoms with E-state index in [0.717, 1.165) is 67.4 Å². The number of hydrogen-bond donors (Lipinski definition) is 3. The van der Waals surface area contributed by atoms with Gasteiger partial charge in [-0.2, -0.15) is 0 Å². The monoisotopic (exact) mass is 736 g/mol. The summed E-state index contributed by atoms with van der Waals surface area (Å²) in [5, 5.41) is 10.6. The summed E-state index contributed by atoms with van der Waals surface area (Å²) in [6, 6.07) is 11.8. The summed E-state index contributed by atoms with van der Waals surface area (Å²) >= 11 is 7.63. The molecule has 2 aromatic carbocycles. The lowest BCUT2D eigenvalue weighted by Gasteiger charge is -2.34. The van der Waals surface area contributed by atoms with Gasteiger partial charge in [0.05, 0.1) is 27.3 Å². The zero-order valence-electron chi connectivity index (χ0n) is 30.4. The molecule has 3 amide bonds. The summed E-state index contributed by atoms with van der Waals surface area (Å²) in [5.41, 5.74) is 3.09. The number of nitrogens with one attached hydrogen (secondary N) is 3. The number of rotatable bonds is 17. The third-order valence-electron chi connectivity index (χ3n) is 10.2. The smallest absolute Gasteiger partial charge is 0.243 e. The van der Waals surface area contributed by atoms with Crippen molar-refractivity contribution in [2.24, 2.45) is 11.8 Å². The number of amides is 3. The number of carbonyl (C=O) groups excluding carboxylic acids is 4. The Morgan fingerprint density at radius 2 is 1.80 bits per heavy atom. The maximum absolute atomic E-state index is 14.4. The van der Waals surface area contributed by atoms with Crippen LogP contribution in [0.5, 0.6) is 0 Å². The number of likely N-dealkylation sites (N-methyl/N-ethyl adjacent to an activating group) is 1. The molecule has 0 unspecified atom stereocenters. The third kappa shape index (κ3) is 10.8. The van der Waals surface area contributed by atoms with E-state index in [4.69, 9.17) is 11.6 Å². The Balaban J connectivity index is 1.34. The molecule has 2 aliphatic rings. The molecule has 0 spiro atoms. The lowest BCUT2D eigenvalue weighted by Crippen LogP contribution is -2.54. The first-order chi connectivity index (χ1) is 24.5. The predicted octanol–water partition coefficient (Wildman–Crippen LogP) is 5.67. The van der Waals surface area contributed by atoms with Gasteiger partial charge >= 0.3 is 0 Å². The fourth-order valence-electron chi connectivity index (χ4n) is 7.43. The average molecular weight is 737 g/mol. The molecule has 2 heterocycles. The normalized spacial score (nSPS) is 18.3. The van der Waals surface area contributed by atoms with E-state index in [1.165, 1.54) is 16.9 Å². The molecule has 0 bridgehead atoms. The van der Waals surface area contributed by atoms with Gasteiger partial charge in [-0.1, -0.05) is 62.1 Å². The van der Waals surface area contributed by atoms with Crippen LogP contribution in [0, 0.1) is 11.8 Å². The van der Waals surface area contributed by atoms with Crippen LogP contribution >= 0.6 is 22.9 Å². The Bertz CT molecular complexity index is 1670. The SMILES string of the molecule is CCC(=O)N[C@@H](Cc1nc2ccc(Cl)cc2s1)C(=O)N[C@H](C(=O)C[C@@H](CCCCN(C)C)C(=O)N[C@@H]1CN(C)Cc2ccccc21)C1CCCC1. The van der Waals surface area contributed by atoms with E-state index in [2.05, 4.69) is 49.9 Å². The Labute approximate surface area is 311 Å². The molecule has 4 atom stereocenters. The molecule has 276 valence electrons. The van der Waals surface area contributed by atoms with Gasteiger partial charge in [0.2, 0.25) is 17.7 Å². The van der Waals surface area contributed by atoms with Crippen molar-refractivity contribution in [2.75, 3.05) is 34.2 Å². The van der Waals surface area contributed by atoms with Gasteiger partial charge in [-0.05, 0) is 88.6 Å². The summed E-state index contributed by atoms with van der Waals surface area (Å²) in [4.78, 5) is 64.1. The molecule has 1 aromatic heterocycles. The highest BCUT2D eigenvalue weighted by Gasteiger charge is 2.37. The van der Waals surface area contributed by atoms with E-state index in [0.29, 0.717) is 23.0 Å². The van der Waals surface area contributed by atoms with Crippen LogP contribution in [0.3, 0.4) is 0 Å². The summed E-state index contributed by atoms with van der Waals surface area (Å²) in [5.74, 6) is -1.46. The number of unbranched alkanes of at least 4 members (excludes halogenated alkanes) is 1. The number of Topliss-reactive ketones (excluding diaryl/α,β-unsaturated/α-hetero) is 1. The number of thiazole rings is 1. The van der Waals surface area contributed by atoms with Gasteiger partial charge < -0.3 is 20.9 Å². The molecule has 51 heavy (non-hydrogen) atoms. The average Bonchev–Trinajstić information content (AvgIpc) is 3.77. The summed E-state index contributed by atoms with van der Waals surface area (Å²) in [6.45, 7) is 4.15. The van der Waals surface area contributed by atoms with Crippen LogP contribution in [0.4, 0.5) is 0 Å². The van der Waals surface area contributed by atoms with Gasteiger partial charge in [0.1, 0.15) is 6.04 Å². The van der Waals surface area contributed by atoms with Crippen molar-refractivity contribution in [3.8, 4) is 0 Å². The Morgan fingerprint density at radius 1 is 1.04 bits per heavy atom. The van der Waals surface area contributed by atoms with E-state index in [1.807, 2.05) is 38.4 Å². The van der Waals surface area contributed by atoms with Crippen LogP contribution in [0.2, 0.25) is 5.02 Å². The quantitative estimate of drug-likeness (QED) is 0.153. The molecule has 10 nitrogen and oxygen atoms in total. The highest BCUT2D eigenvalue weighted by Crippen LogP contribution is 2.31. The summed E-state index contributed by atoms with van der Waals surface area (Å²) in [7, 11) is 6.11. The Kier molecular flexibility index (Phi) is 14.0. The van der Waals surface area contributed by atoms with Crippen molar-refractivity contribution in [3.05, 3.63) is 63.6 Å². The number of hydrogen-bond acceptors (Lipinski definition) is 8. The second-order valence-electron chi connectivity index (χ2n) is 14.6. The number of benzene rings is 2. The van der Waals surface area contributed by atoms with Crippen molar-refractivity contribution in [1.29, 1.82) is 0 Å². The first kappa shape index (κ1) is 38.8. The topological polar surface area (TPSA) is 124 Å². The van der Waals surface area contributed by atoms with Crippen molar-refractivity contribution in [1.82, 2.24) is 30.7 Å². The number of carbonyl (C=O) groups is 4. The van der Waals surface area contributed by atoms with Gasteiger partial charge in [0, 0.05) is 43.3 Å². The van der Waals surface area contributed by atoms with Crippen LogP contribution in [0.1, 0.15) is 86.9 Å². The predicted molar refractivity (Wildman–Crippen MR) is 204 cm³/mol. The minimum atomic E-state index is -0.904. The van der Waals surface area contributed by atoms with Crippen LogP contribution in [-0.2, 0) is 32.1 Å². The molecular weight excluding hydrogens is 684 g/mol. The molecule has 1 aliphatic carbocycles. The van der Waals surface area contributed by atoms with Crippen molar-refractivity contribution in [3.63, 3.8) is 0 Å². The first-order valence-electron chi connectivity index (χ1n) is 18.4. The Morgan fingerprint density at radius 3 is 2.55 bits per heavy atom. The molecule has 0 radical (unpaired) electrons. The van der Waals surface area contributed by atoms with Crippen LogP contribution in [0.15, 0.2) is 42.5 Å². The van der Waals surface area contributed by atoms with Gasteiger partial charge in [-0.15, -0.1) is 11.3 Å². The molecule has 0 saturated heterocycles. The van der Waals surface area contributed by atoms with Crippen molar-refractivity contribution in [2.45, 2.75) is 95.8 Å². The highest BCUT2D eigenvalue weighted by molar-refractivity contribution is 7.18. The van der Waals surface area contributed by atoms with E-state index in [-0.39, 0.29) is 48.8 Å². The van der Waals surface area contributed by atoms with E-state index >= 15 is 0 Å². The molecule has 3 aromatic rings. The molecular formula is C39H53ClN6O4S. The summed E-state index contributed by atoms with van der Waals surface area (Å²) < 4.78 is 0.899. The lowest BCUT2D eigenvalue weighted by molar-refractivity contribution is -0.134. The number of nitrogens with zero attached hydrogens (tertiary/aromatic N) is 3. The number of ketones is 1. The number of aromatic nitrogens is 1. The minimum Gasteiger partial charge on any atom is -0.348 e. The fraction of sp³-hybridized carbons (Fsp3) is 0.564. The largest absolute Gasteiger partial charge is 0.348 e. The van der Waals surface area contributed by atoms with Crippen LogP contribution in [0.25, 0.3) is 10.2 Å². The highest BCUT2D eigenvalue weighted by atomic mass is 35.5. The number of halogens is 1. The van der Waals surface area contributed by atoms with Gasteiger partial charge in [0.25, 0.3) is 0 Å². The lowest BCUT2D eigenvalue weighted by atomic mass is 9.86. The molecule has 12 heteroatoms. The first-order valence-corrected chi connectivity index (χ1v) is 19.6. The molecule has 3 N–H and O–H groups in total. The van der Waals surface area contributed by atoms with E-state index < -0.39 is 23.9 Å². The van der Waals surface area contributed by atoms with Crippen LogP contribution in [-0.4, -0.2) is 84.6 Å². The fourth-order valence-corrected chi connectivity index (χ4v) is 8.72. The number of fused-ring (bicyclic) bond motifs is 2. The van der Waals surface area contributed by atoms with Crippen LogP contribution < -0.4 is 16.0 Å². The Hall–Kier alpha value is -3.38. The maximum Gasteiger partial charge on any atom is 0.243 e. The second-order valence-corrected chi connectivity index (χ2v) is 16.1. The molecule has 5 rings (SSSR count). The molecule has 1 saturated carbocycles. The second kappa shape index (κ2) is 18.4. The van der Waals surface area contributed by atoms with Gasteiger partial charge in [0.15, 0.2) is 5.78 Å². The van der Waals surface area contributed by atoms with Gasteiger partial charge in [-0.25, -0.2) is 4.98 Å². The summed E-state index contributed by atoms with van der Waals surface area (Å²) in [6.07, 6.45) is 6.38. The standard InChI is InChI=1S/C39H53ClN6O4S/c1-5-35(48)41-31(22-36-42-30-18-17-28(40)21-34(30)51-36)39(50)44-37(25-12-6-7-13-25)33(47)20-26(14-10-11-19-45(2)3)38(49)43-32-24-46(4)23-27-15-8-9-16-29(27)32/h8-9,15-18,21,25-26,31-32,37H,5-7,10-14,19-20,22-24H2,1-4H3,(H,41,48)(H,43,49)(H,44,50)/t26-,31+,32-,37+/m1/s1. The van der Waals surface area contributed by atoms with E-state index in [9.17, 15) is 19.2 Å². The van der Waals surface area contributed by atoms with E-state index in [1.54, 1.807) is 13.0 Å². The van der Waals surface area contributed by atoms with Gasteiger partial charge in [-0.3, -0.25) is 24.1 Å². The van der Waals surface area contributed by atoms with Crippen molar-refractivity contribution >= 4 is 56.7 Å². The molecule has 1 fully saturated rings. The van der Waals surface area contributed by atoms with Crippen molar-refractivity contribution < 1.29 is 19.2 Å².